The molecular weight excluding hydrogens is 275 g/mol. The Labute approximate surface area is 114 Å². The fourth-order valence-electron chi connectivity index (χ4n) is 1.87. The fraction of sp³-hybridized carbons (Fsp3) is 0.462. The first kappa shape index (κ1) is 14.6. The number of halogens is 3. The van der Waals surface area contributed by atoms with Gasteiger partial charge < -0.3 is 14.4 Å². The Balaban J connectivity index is 1.98. The van der Waals surface area contributed by atoms with E-state index >= 15 is 0 Å². The van der Waals surface area contributed by atoms with Gasteiger partial charge in [0.25, 0.3) is 5.91 Å². The van der Waals surface area contributed by atoms with Gasteiger partial charge in [0.2, 0.25) is 0 Å². The summed E-state index contributed by atoms with van der Waals surface area (Å²) < 4.78 is 48.3. The van der Waals surface area contributed by atoms with Gasteiger partial charge in [0.15, 0.2) is 6.61 Å². The molecule has 0 aliphatic carbocycles. The summed E-state index contributed by atoms with van der Waals surface area (Å²) in [6.07, 6.45) is -4.50. The first-order valence-corrected chi connectivity index (χ1v) is 6.13. The minimum absolute atomic E-state index is 0.332. The molecule has 0 spiro atoms. The van der Waals surface area contributed by atoms with Gasteiger partial charge in [-0.1, -0.05) is 12.1 Å². The smallest absolute Gasteiger partial charge is 0.419 e. The summed E-state index contributed by atoms with van der Waals surface area (Å²) in [6, 6.07) is 4.84. The first-order valence-electron chi connectivity index (χ1n) is 6.13. The van der Waals surface area contributed by atoms with E-state index in [9.17, 15) is 18.0 Å². The highest BCUT2D eigenvalue weighted by Crippen LogP contribution is 2.35. The molecule has 1 aromatic carbocycles. The second kappa shape index (κ2) is 6.13. The molecule has 0 bridgehead atoms. The van der Waals surface area contributed by atoms with E-state index < -0.39 is 18.3 Å². The molecule has 1 heterocycles. The number of carbonyl (C=O) groups excluding carboxylic acids is 1. The molecule has 20 heavy (non-hydrogen) atoms. The Bertz CT molecular complexity index is 470. The van der Waals surface area contributed by atoms with Crippen molar-refractivity contribution in [3.8, 4) is 5.75 Å². The third-order valence-electron chi connectivity index (χ3n) is 2.91. The molecule has 4 nitrogen and oxygen atoms in total. The van der Waals surface area contributed by atoms with E-state index in [1.54, 1.807) is 0 Å². The molecule has 1 amide bonds. The van der Waals surface area contributed by atoms with Crippen molar-refractivity contribution < 1.29 is 27.4 Å². The number of morpholine rings is 1. The van der Waals surface area contributed by atoms with Crippen LogP contribution in [-0.4, -0.2) is 43.7 Å². The highest BCUT2D eigenvalue weighted by Gasteiger charge is 2.34. The number of alkyl halides is 3. The Morgan fingerprint density at radius 1 is 1.25 bits per heavy atom. The molecule has 2 rings (SSSR count). The van der Waals surface area contributed by atoms with Gasteiger partial charge in [0.05, 0.1) is 18.8 Å². The number of ether oxygens (including phenoxy) is 2. The zero-order valence-electron chi connectivity index (χ0n) is 10.7. The highest BCUT2D eigenvalue weighted by molar-refractivity contribution is 5.77. The zero-order chi connectivity index (χ0) is 14.6. The van der Waals surface area contributed by atoms with Crippen molar-refractivity contribution in [2.45, 2.75) is 6.18 Å². The van der Waals surface area contributed by atoms with E-state index in [2.05, 4.69) is 0 Å². The number of rotatable bonds is 3. The van der Waals surface area contributed by atoms with Crippen molar-refractivity contribution >= 4 is 5.91 Å². The minimum atomic E-state index is -4.50. The minimum Gasteiger partial charge on any atom is -0.483 e. The molecule has 0 radical (unpaired) electrons. The van der Waals surface area contributed by atoms with Crippen LogP contribution < -0.4 is 4.74 Å². The maximum atomic E-state index is 12.7. The summed E-state index contributed by atoms with van der Waals surface area (Å²) in [7, 11) is 0. The van der Waals surface area contributed by atoms with E-state index in [-0.39, 0.29) is 11.7 Å². The van der Waals surface area contributed by atoms with Crippen LogP contribution in [0, 0.1) is 0 Å². The van der Waals surface area contributed by atoms with Crippen molar-refractivity contribution in [2.24, 2.45) is 0 Å². The number of carbonyl (C=O) groups is 1. The van der Waals surface area contributed by atoms with Crippen molar-refractivity contribution in [2.75, 3.05) is 32.9 Å². The molecule has 1 aliphatic rings. The van der Waals surface area contributed by atoms with Crippen LogP contribution in [0.25, 0.3) is 0 Å². The first-order chi connectivity index (χ1) is 9.48. The fourth-order valence-corrected chi connectivity index (χ4v) is 1.87. The Hall–Kier alpha value is -1.76. The van der Waals surface area contributed by atoms with Gasteiger partial charge in [0, 0.05) is 13.1 Å². The number of hydrogen-bond donors (Lipinski definition) is 0. The lowest BCUT2D eigenvalue weighted by Gasteiger charge is -2.26. The van der Waals surface area contributed by atoms with Gasteiger partial charge in [0.1, 0.15) is 5.75 Å². The predicted molar refractivity (Wildman–Crippen MR) is 64.3 cm³/mol. The van der Waals surface area contributed by atoms with Crippen LogP contribution in [0.15, 0.2) is 24.3 Å². The topological polar surface area (TPSA) is 38.8 Å². The molecule has 0 unspecified atom stereocenters. The quantitative estimate of drug-likeness (QED) is 0.853. The van der Waals surface area contributed by atoms with Crippen LogP contribution in [0.4, 0.5) is 13.2 Å². The van der Waals surface area contributed by atoms with Crippen molar-refractivity contribution in [3.05, 3.63) is 29.8 Å². The van der Waals surface area contributed by atoms with Crippen LogP contribution in [0.2, 0.25) is 0 Å². The summed E-state index contributed by atoms with van der Waals surface area (Å²) in [5, 5.41) is 0. The maximum Gasteiger partial charge on any atom is 0.419 e. The zero-order valence-corrected chi connectivity index (χ0v) is 10.7. The van der Waals surface area contributed by atoms with E-state index in [1.807, 2.05) is 0 Å². The standard InChI is InChI=1S/C13H14F3NO3/c14-13(15,16)10-3-1-2-4-11(10)20-9-12(18)17-5-7-19-8-6-17/h1-4H,5-9H2. The molecule has 0 atom stereocenters. The summed E-state index contributed by atoms with van der Waals surface area (Å²) in [6.45, 7) is 1.33. The van der Waals surface area contributed by atoms with Gasteiger partial charge in [-0.2, -0.15) is 13.2 Å². The molecule has 1 fully saturated rings. The van der Waals surface area contributed by atoms with E-state index in [4.69, 9.17) is 9.47 Å². The lowest BCUT2D eigenvalue weighted by molar-refractivity contribution is -0.142. The molecule has 0 N–H and O–H groups in total. The monoisotopic (exact) mass is 289 g/mol. The molecule has 1 aromatic rings. The number of amides is 1. The van der Waals surface area contributed by atoms with Crippen LogP contribution in [-0.2, 0) is 15.7 Å². The molecule has 0 aromatic heterocycles. The number of nitrogens with zero attached hydrogens (tertiary/aromatic N) is 1. The highest BCUT2D eigenvalue weighted by atomic mass is 19.4. The summed E-state index contributed by atoms with van der Waals surface area (Å²) in [4.78, 5) is 13.3. The molecule has 7 heteroatoms. The number of para-hydroxylation sites is 1. The molecule has 1 saturated heterocycles. The maximum absolute atomic E-state index is 12.7. The van der Waals surface area contributed by atoms with E-state index in [0.717, 1.165) is 6.07 Å². The van der Waals surface area contributed by atoms with E-state index in [0.29, 0.717) is 26.3 Å². The summed E-state index contributed by atoms with van der Waals surface area (Å²) in [5.74, 6) is -0.674. The van der Waals surface area contributed by atoms with Crippen LogP contribution in [0.3, 0.4) is 0 Å². The third kappa shape index (κ3) is 3.63. The molecule has 110 valence electrons. The van der Waals surface area contributed by atoms with Crippen LogP contribution in [0.1, 0.15) is 5.56 Å². The normalized spacial score (nSPS) is 16.1. The Morgan fingerprint density at radius 2 is 1.90 bits per heavy atom. The van der Waals surface area contributed by atoms with Crippen LogP contribution in [0.5, 0.6) is 5.75 Å². The van der Waals surface area contributed by atoms with Gasteiger partial charge in [-0.15, -0.1) is 0 Å². The van der Waals surface area contributed by atoms with Gasteiger partial charge in [-0.25, -0.2) is 0 Å². The van der Waals surface area contributed by atoms with Crippen LogP contribution >= 0.6 is 0 Å². The Morgan fingerprint density at radius 3 is 2.55 bits per heavy atom. The van der Waals surface area contributed by atoms with Crippen molar-refractivity contribution in [1.82, 2.24) is 4.90 Å². The van der Waals surface area contributed by atoms with Gasteiger partial charge in [-0.3, -0.25) is 4.79 Å². The third-order valence-corrected chi connectivity index (χ3v) is 2.91. The molecule has 0 saturated carbocycles. The largest absolute Gasteiger partial charge is 0.483 e. The number of hydrogen-bond acceptors (Lipinski definition) is 3. The van der Waals surface area contributed by atoms with Gasteiger partial charge >= 0.3 is 6.18 Å². The van der Waals surface area contributed by atoms with E-state index in [1.165, 1.54) is 23.1 Å². The average molecular weight is 289 g/mol. The number of benzene rings is 1. The summed E-state index contributed by atoms with van der Waals surface area (Å²) >= 11 is 0. The summed E-state index contributed by atoms with van der Waals surface area (Å²) in [5.41, 5.74) is -0.880. The molecule has 1 aliphatic heterocycles. The predicted octanol–water partition coefficient (Wildman–Crippen LogP) is 1.94. The van der Waals surface area contributed by atoms with Gasteiger partial charge in [-0.05, 0) is 12.1 Å². The second-order valence-corrected chi connectivity index (χ2v) is 4.28. The van der Waals surface area contributed by atoms with Crippen molar-refractivity contribution in [3.63, 3.8) is 0 Å². The average Bonchev–Trinajstić information content (AvgIpc) is 2.45. The lowest BCUT2D eigenvalue weighted by Crippen LogP contribution is -2.43. The SMILES string of the molecule is O=C(COc1ccccc1C(F)(F)F)N1CCOCC1. The molecular formula is C13H14F3NO3. The Kier molecular flexibility index (Phi) is 4.49. The second-order valence-electron chi connectivity index (χ2n) is 4.28. The lowest BCUT2D eigenvalue weighted by atomic mass is 10.2. The van der Waals surface area contributed by atoms with Crippen molar-refractivity contribution in [1.29, 1.82) is 0 Å².